The fourth-order valence-electron chi connectivity index (χ4n) is 6.43. The zero-order chi connectivity index (χ0) is 16.2. The summed E-state index contributed by atoms with van der Waals surface area (Å²) < 4.78 is 11.3. The van der Waals surface area contributed by atoms with E-state index in [2.05, 4.69) is 20.8 Å². The van der Waals surface area contributed by atoms with Crippen molar-refractivity contribution in [2.24, 2.45) is 40.9 Å². The second-order valence-electron chi connectivity index (χ2n) is 9.78. The first-order chi connectivity index (χ1) is 10.9. The van der Waals surface area contributed by atoms with E-state index in [1.807, 2.05) is 0 Å². The molecular formula is C20H32O3. The first-order valence-electron chi connectivity index (χ1n) is 9.69. The third-order valence-corrected chi connectivity index (χ3v) is 7.25. The molecule has 3 heteroatoms. The first-order valence-corrected chi connectivity index (χ1v) is 9.69. The Labute approximate surface area is 140 Å². The van der Waals surface area contributed by atoms with Gasteiger partial charge in [0.05, 0.1) is 6.10 Å². The molecule has 7 atom stereocenters. The van der Waals surface area contributed by atoms with Gasteiger partial charge < -0.3 is 9.47 Å². The molecule has 4 bridgehead atoms. The fourth-order valence-corrected chi connectivity index (χ4v) is 6.43. The molecule has 0 spiro atoms. The van der Waals surface area contributed by atoms with Crippen LogP contribution in [0.1, 0.15) is 65.7 Å². The molecule has 0 aliphatic heterocycles. The van der Waals surface area contributed by atoms with Gasteiger partial charge in [-0.2, -0.15) is 0 Å². The van der Waals surface area contributed by atoms with Crippen molar-refractivity contribution in [3.05, 3.63) is 0 Å². The molecule has 0 amide bonds. The average Bonchev–Trinajstić information content (AvgIpc) is 3.22. The number of fused-ring (bicyclic) bond motifs is 9. The Morgan fingerprint density at radius 1 is 1.00 bits per heavy atom. The van der Waals surface area contributed by atoms with E-state index in [1.165, 1.54) is 32.1 Å². The molecule has 0 saturated heterocycles. The second kappa shape index (κ2) is 5.75. The maximum atomic E-state index is 11.8. The molecule has 3 nitrogen and oxygen atoms in total. The van der Waals surface area contributed by atoms with Gasteiger partial charge in [-0.3, -0.25) is 4.79 Å². The summed E-state index contributed by atoms with van der Waals surface area (Å²) in [6.07, 6.45) is 8.77. The zero-order valence-electron chi connectivity index (χ0n) is 14.9. The molecule has 4 aliphatic rings. The molecule has 4 saturated carbocycles. The van der Waals surface area contributed by atoms with Gasteiger partial charge in [0, 0.05) is 6.42 Å². The van der Waals surface area contributed by atoms with Gasteiger partial charge in [0.15, 0.2) is 6.79 Å². The van der Waals surface area contributed by atoms with Crippen molar-refractivity contribution >= 4 is 5.97 Å². The Morgan fingerprint density at radius 2 is 1.74 bits per heavy atom. The van der Waals surface area contributed by atoms with E-state index >= 15 is 0 Å². The number of carbonyl (C=O) groups excluding carboxylic acids is 1. The molecule has 0 aromatic carbocycles. The van der Waals surface area contributed by atoms with E-state index in [4.69, 9.17) is 9.47 Å². The third kappa shape index (κ3) is 2.94. The number of ether oxygens (including phenoxy) is 2. The highest BCUT2D eigenvalue weighted by atomic mass is 16.7. The second-order valence-corrected chi connectivity index (χ2v) is 9.78. The summed E-state index contributed by atoms with van der Waals surface area (Å²) in [5.41, 5.74) is 0.182. The summed E-state index contributed by atoms with van der Waals surface area (Å²) in [5.74, 6) is 5.54. The average molecular weight is 320 g/mol. The lowest BCUT2D eigenvalue weighted by Crippen LogP contribution is -2.36. The van der Waals surface area contributed by atoms with Crippen molar-refractivity contribution in [2.45, 2.75) is 71.8 Å². The quantitative estimate of drug-likeness (QED) is 0.428. The lowest BCUT2D eigenvalue weighted by atomic mass is 9.70. The number of hydrogen-bond acceptors (Lipinski definition) is 3. The Hall–Kier alpha value is -0.570. The van der Waals surface area contributed by atoms with E-state index in [-0.39, 0.29) is 18.2 Å². The highest BCUT2D eigenvalue weighted by Gasteiger charge is 2.62. The first kappa shape index (κ1) is 15.9. The molecule has 0 heterocycles. The Balaban J connectivity index is 1.22. The number of rotatable bonds is 5. The maximum absolute atomic E-state index is 11.8. The molecule has 23 heavy (non-hydrogen) atoms. The summed E-state index contributed by atoms with van der Waals surface area (Å²) in [4.78, 5) is 11.8. The molecular weight excluding hydrogens is 288 g/mol. The van der Waals surface area contributed by atoms with Gasteiger partial charge in [0.1, 0.15) is 0 Å². The summed E-state index contributed by atoms with van der Waals surface area (Å²) in [5, 5.41) is 0. The molecule has 0 aromatic heterocycles. The van der Waals surface area contributed by atoms with E-state index < -0.39 is 0 Å². The minimum absolute atomic E-state index is 0.110. The smallest absolute Gasteiger partial charge is 0.307 e. The highest BCUT2D eigenvalue weighted by molar-refractivity contribution is 5.69. The lowest BCUT2D eigenvalue weighted by molar-refractivity contribution is -0.166. The molecule has 0 aromatic rings. The fraction of sp³-hybridized carbons (Fsp3) is 0.950. The number of carbonyl (C=O) groups is 1. The maximum Gasteiger partial charge on any atom is 0.307 e. The Bertz CT molecular complexity index is 466. The summed E-state index contributed by atoms with van der Waals surface area (Å²) in [7, 11) is 0. The molecule has 4 aliphatic carbocycles. The largest absolute Gasteiger partial charge is 0.438 e. The SMILES string of the molecule is CC(C)(C)CCC(=O)OCOC1CC2CC1C1C3CCC(C3)C21. The normalized spacial score (nSPS) is 43.9. The Kier molecular flexibility index (Phi) is 3.98. The van der Waals surface area contributed by atoms with Gasteiger partial charge in [-0.05, 0) is 79.4 Å². The van der Waals surface area contributed by atoms with Crippen LogP contribution in [-0.2, 0) is 14.3 Å². The van der Waals surface area contributed by atoms with E-state index in [1.54, 1.807) is 0 Å². The van der Waals surface area contributed by atoms with Crippen LogP contribution in [0.3, 0.4) is 0 Å². The summed E-state index contributed by atoms with van der Waals surface area (Å²) in [6.45, 7) is 6.62. The van der Waals surface area contributed by atoms with Gasteiger partial charge >= 0.3 is 5.97 Å². The molecule has 4 rings (SSSR count). The summed E-state index contributed by atoms with van der Waals surface area (Å²) in [6, 6.07) is 0. The topological polar surface area (TPSA) is 35.5 Å². The Morgan fingerprint density at radius 3 is 2.48 bits per heavy atom. The molecule has 0 radical (unpaired) electrons. The zero-order valence-corrected chi connectivity index (χ0v) is 14.9. The molecule has 0 N–H and O–H groups in total. The monoisotopic (exact) mass is 320 g/mol. The van der Waals surface area contributed by atoms with E-state index in [0.717, 1.165) is 41.9 Å². The number of hydrogen-bond donors (Lipinski definition) is 0. The van der Waals surface area contributed by atoms with Crippen molar-refractivity contribution < 1.29 is 14.3 Å². The van der Waals surface area contributed by atoms with Crippen LogP contribution in [0.2, 0.25) is 0 Å². The predicted octanol–water partition coefficient (Wildman–Crippen LogP) is 4.40. The van der Waals surface area contributed by atoms with Crippen LogP contribution in [0, 0.1) is 40.9 Å². The van der Waals surface area contributed by atoms with Crippen LogP contribution in [0.5, 0.6) is 0 Å². The van der Waals surface area contributed by atoms with Gasteiger partial charge in [0.25, 0.3) is 0 Å². The number of esters is 1. The van der Waals surface area contributed by atoms with Crippen LogP contribution < -0.4 is 0 Å². The molecule has 4 fully saturated rings. The van der Waals surface area contributed by atoms with Crippen LogP contribution in [0.15, 0.2) is 0 Å². The van der Waals surface area contributed by atoms with Gasteiger partial charge in [-0.15, -0.1) is 0 Å². The van der Waals surface area contributed by atoms with E-state index in [9.17, 15) is 4.79 Å². The molecule has 130 valence electrons. The van der Waals surface area contributed by atoms with Gasteiger partial charge in [-0.25, -0.2) is 0 Å². The van der Waals surface area contributed by atoms with Crippen LogP contribution in [0.25, 0.3) is 0 Å². The minimum atomic E-state index is -0.110. The van der Waals surface area contributed by atoms with Crippen LogP contribution in [0.4, 0.5) is 0 Å². The van der Waals surface area contributed by atoms with Crippen molar-refractivity contribution in [1.29, 1.82) is 0 Å². The van der Waals surface area contributed by atoms with Crippen molar-refractivity contribution in [3.8, 4) is 0 Å². The predicted molar refractivity (Wildman–Crippen MR) is 88.5 cm³/mol. The summed E-state index contributed by atoms with van der Waals surface area (Å²) >= 11 is 0. The van der Waals surface area contributed by atoms with Crippen molar-refractivity contribution in [1.82, 2.24) is 0 Å². The highest BCUT2D eigenvalue weighted by Crippen LogP contribution is 2.67. The van der Waals surface area contributed by atoms with Gasteiger partial charge in [-0.1, -0.05) is 20.8 Å². The van der Waals surface area contributed by atoms with Crippen molar-refractivity contribution in [3.63, 3.8) is 0 Å². The van der Waals surface area contributed by atoms with Gasteiger partial charge in [0.2, 0.25) is 0 Å². The third-order valence-electron chi connectivity index (χ3n) is 7.25. The lowest BCUT2D eigenvalue weighted by Gasteiger charge is -2.38. The standard InChI is InChI=1S/C20H32O3/c1-20(2,3)7-6-17(21)23-11-22-16-10-14-9-15(16)19-13-5-4-12(8-13)18(14)19/h12-16,18-19H,4-11H2,1-3H3. The van der Waals surface area contributed by atoms with E-state index in [0.29, 0.717) is 12.5 Å². The minimum Gasteiger partial charge on any atom is -0.438 e. The van der Waals surface area contributed by atoms with Crippen LogP contribution >= 0.6 is 0 Å². The van der Waals surface area contributed by atoms with Crippen molar-refractivity contribution in [2.75, 3.05) is 6.79 Å². The molecule has 7 unspecified atom stereocenters. The van der Waals surface area contributed by atoms with Crippen LogP contribution in [-0.4, -0.2) is 18.9 Å².